The minimum Gasteiger partial charge on any atom is -0.367 e. The third kappa shape index (κ3) is 1.76. The Morgan fingerprint density at radius 1 is 1.43 bits per heavy atom. The van der Waals surface area contributed by atoms with Crippen LogP contribution in [-0.2, 0) is 0 Å². The van der Waals surface area contributed by atoms with Crippen molar-refractivity contribution in [2.24, 2.45) is 0 Å². The summed E-state index contributed by atoms with van der Waals surface area (Å²) in [6, 6.07) is 4.78. The lowest BCUT2D eigenvalue weighted by molar-refractivity contribution is 0.621. The summed E-state index contributed by atoms with van der Waals surface area (Å²) in [6.45, 7) is 0. The van der Waals surface area contributed by atoms with Crippen molar-refractivity contribution in [3.8, 4) is 10.6 Å². The van der Waals surface area contributed by atoms with E-state index in [1.165, 1.54) is 6.07 Å². The maximum Gasteiger partial charge on any atom is 0.232 e. The van der Waals surface area contributed by atoms with Gasteiger partial charge in [-0.05, 0) is 39.6 Å². The number of anilines is 1. The third-order valence-corrected chi connectivity index (χ3v) is 3.03. The van der Waals surface area contributed by atoms with Crippen LogP contribution in [0.2, 0.25) is 0 Å². The van der Waals surface area contributed by atoms with Crippen molar-refractivity contribution < 1.29 is 4.39 Å². The smallest absolute Gasteiger partial charge is 0.232 e. The van der Waals surface area contributed by atoms with Gasteiger partial charge in [0.15, 0.2) is 0 Å². The maximum atomic E-state index is 13.1. The summed E-state index contributed by atoms with van der Waals surface area (Å²) in [5.74, 6) is -0.107. The predicted octanol–water partition coefficient (Wildman–Crippen LogP) is 2.69. The van der Waals surface area contributed by atoms with Crippen molar-refractivity contribution >= 4 is 33.4 Å². The topological polar surface area (TPSA) is 51.8 Å². The first-order valence-electron chi connectivity index (χ1n) is 3.71. The number of benzene rings is 1. The Bertz CT molecular complexity index is 471. The zero-order valence-electron chi connectivity index (χ0n) is 6.87. The second-order valence-corrected chi connectivity index (χ2v) is 4.19. The number of hydrogen-bond acceptors (Lipinski definition) is 4. The van der Waals surface area contributed by atoms with Crippen LogP contribution in [0.4, 0.5) is 10.3 Å². The van der Waals surface area contributed by atoms with E-state index >= 15 is 0 Å². The fraction of sp³-hybridized carbons (Fsp3) is 0. The summed E-state index contributed by atoms with van der Waals surface area (Å²) >= 11 is 4.22. The van der Waals surface area contributed by atoms with Crippen molar-refractivity contribution in [3.05, 3.63) is 28.5 Å². The minimum absolute atomic E-state index is 0.216. The van der Waals surface area contributed by atoms with E-state index < -0.39 is 0 Å². The predicted molar refractivity (Wildman–Crippen MR) is 57.4 cm³/mol. The molecule has 0 unspecified atom stereocenters. The highest BCUT2D eigenvalue weighted by Gasteiger charge is 2.06. The van der Waals surface area contributed by atoms with E-state index in [0.717, 1.165) is 11.5 Å². The zero-order chi connectivity index (χ0) is 10.1. The molecule has 0 aliphatic carbocycles. The van der Waals surface area contributed by atoms with Crippen LogP contribution in [0.25, 0.3) is 10.6 Å². The van der Waals surface area contributed by atoms with Crippen molar-refractivity contribution in [2.45, 2.75) is 0 Å². The number of aromatic nitrogens is 2. The molecule has 14 heavy (non-hydrogen) atoms. The molecule has 2 N–H and O–H groups in total. The number of rotatable bonds is 1. The molecule has 72 valence electrons. The molecule has 0 radical (unpaired) electrons. The molecule has 3 nitrogen and oxygen atoms in total. The van der Waals surface area contributed by atoms with Crippen molar-refractivity contribution in [1.82, 2.24) is 9.36 Å². The van der Waals surface area contributed by atoms with E-state index in [4.69, 9.17) is 5.73 Å². The van der Waals surface area contributed by atoms with Crippen LogP contribution in [0.1, 0.15) is 0 Å². The van der Waals surface area contributed by atoms with Crippen LogP contribution in [0.5, 0.6) is 0 Å². The second kappa shape index (κ2) is 3.62. The van der Waals surface area contributed by atoms with Gasteiger partial charge in [-0.2, -0.15) is 9.36 Å². The Morgan fingerprint density at radius 3 is 2.79 bits per heavy atom. The molecule has 0 saturated heterocycles. The molecule has 0 atom stereocenters. The average Bonchev–Trinajstić information content (AvgIpc) is 2.57. The molecule has 6 heteroatoms. The van der Waals surface area contributed by atoms with Crippen molar-refractivity contribution in [2.75, 3.05) is 5.73 Å². The van der Waals surface area contributed by atoms with Gasteiger partial charge < -0.3 is 5.73 Å². The highest BCUT2D eigenvalue weighted by atomic mass is 79.9. The minimum atomic E-state index is -0.323. The quantitative estimate of drug-likeness (QED) is 0.869. The van der Waals surface area contributed by atoms with Crippen LogP contribution >= 0.6 is 27.5 Å². The number of nitrogens with zero attached hydrogens (tertiary/aromatic N) is 2. The molecule has 0 spiro atoms. The summed E-state index contributed by atoms with van der Waals surface area (Å²) in [6.07, 6.45) is 0. The van der Waals surface area contributed by atoms with E-state index in [2.05, 4.69) is 25.3 Å². The molecular formula is C8H5BrFN3S. The Labute approximate surface area is 92.1 Å². The molecule has 1 aromatic carbocycles. The van der Waals surface area contributed by atoms with Crippen LogP contribution in [0, 0.1) is 5.82 Å². The summed E-state index contributed by atoms with van der Waals surface area (Å²) in [7, 11) is 0. The van der Waals surface area contributed by atoms with Crippen LogP contribution in [0.3, 0.4) is 0 Å². The van der Waals surface area contributed by atoms with Gasteiger partial charge in [0.25, 0.3) is 0 Å². The molecule has 0 bridgehead atoms. The van der Waals surface area contributed by atoms with E-state index in [0.29, 0.717) is 15.0 Å². The number of halogens is 2. The Balaban J connectivity index is 2.47. The molecule has 0 saturated carbocycles. The number of nitrogen functional groups attached to an aromatic ring is 1. The summed E-state index contributed by atoms with van der Waals surface area (Å²) in [5.41, 5.74) is 6.05. The lowest BCUT2D eigenvalue weighted by Gasteiger charge is -1.97. The van der Waals surface area contributed by atoms with Gasteiger partial charge in [-0.1, -0.05) is 6.07 Å². The van der Waals surface area contributed by atoms with E-state index in [1.54, 1.807) is 12.1 Å². The monoisotopic (exact) mass is 273 g/mol. The normalized spacial score (nSPS) is 10.4. The van der Waals surface area contributed by atoms with Crippen LogP contribution in [-0.4, -0.2) is 9.36 Å². The first-order valence-corrected chi connectivity index (χ1v) is 5.28. The molecule has 0 fully saturated rings. The standard InChI is InChI=1S/C8H5BrFN3S/c9-5-2-1-4(3-6(5)10)7-12-8(11)13-14-7/h1-3H,(H2,11,13). The molecular weight excluding hydrogens is 269 g/mol. The average molecular weight is 274 g/mol. The van der Waals surface area contributed by atoms with E-state index in [1.807, 2.05) is 0 Å². The molecule has 2 aromatic rings. The lowest BCUT2D eigenvalue weighted by Crippen LogP contribution is -1.86. The summed E-state index contributed by atoms with van der Waals surface area (Å²) in [4.78, 5) is 3.95. The Morgan fingerprint density at radius 2 is 2.21 bits per heavy atom. The van der Waals surface area contributed by atoms with Gasteiger partial charge in [0, 0.05) is 5.56 Å². The summed E-state index contributed by atoms with van der Waals surface area (Å²) < 4.78 is 17.4. The first kappa shape index (κ1) is 9.54. The lowest BCUT2D eigenvalue weighted by atomic mass is 10.2. The zero-order valence-corrected chi connectivity index (χ0v) is 9.27. The fourth-order valence-electron chi connectivity index (χ4n) is 0.981. The Hall–Kier alpha value is -1.01. The van der Waals surface area contributed by atoms with Gasteiger partial charge in [0.05, 0.1) is 4.47 Å². The van der Waals surface area contributed by atoms with E-state index in [-0.39, 0.29) is 11.8 Å². The second-order valence-electron chi connectivity index (χ2n) is 2.59. The van der Waals surface area contributed by atoms with Gasteiger partial charge in [-0.25, -0.2) is 4.39 Å². The molecule has 0 aliphatic heterocycles. The SMILES string of the molecule is Nc1nsc(-c2ccc(Br)c(F)c2)n1. The molecule has 1 aromatic heterocycles. The molecule has 0 amide bonds. The van der Waals surface area contributed by atoms with Crippen LogP contribution < -0.4 is 5.73 Å². The molecule has 2 rings (SSSR count). The van der Waals surface area contributed by atoms with Gasteiger partial charge in [-0.15, -0.1) is 0 Å². The summed E-state index contributed by atoms with van der Waals surface area (Å²) in [5, 5.41) is 0.619. The van der Waals surface area contributed by atoms with Gasteiger partial charge in [0.1, 0.15) is 10.8 Å². The Kier molecular flexibility index (Phi) is 2.47. The number of hydrogen-bond donors (Lipinski definition) is 1. The maximum absolute atomic E-state index is 13.1. The molecule has 1 heterocycles. The van der Waals surface area contributed by atoms with Crippen LogP contribution in [0.15, 0.2) is 22.7 Å². The fourth-order valence-corrected chi connectivity index (χ4v) is 1.82. The third-order valence-electron chi connectivity index (χ3n) is 1.61. The van der Waals surface area contributed by atoms with Gasteiger partial charge in [-0.3, -0.25) is 0 Å². The largest absolute Gasteiger partial charge is 0.367 e. The van der Waals surface area contributed by atoms with Gasteiger partial charge in [0.2, 0.25) is 5.95 Å². The highest BCUT2D eigenvalue weighted by Crippen LogP contribution is 2.25. The van der Waals surface area contributed by atoms with E-state index in [9.17, 15) is 4.39 Å². The number of nitrogens with two attached hydrogens (primary N) is 1. The molecule has 0 aliphatic rings. The van der Waals surface area contributed by atoms with Crippen molar-refractivity contribution in [3.63, 3.8) is 0 Å². The highest BCUT2D eigenvalue weighted by molar-refractivity contribution is 9.10. The first-order chi connectivity index (χ1) is 6.66. The van der Waals surface area contributed by atoms with Crippen molar-refractivity contribution in [1.29, 1.82) is 0 Å². The van der Waals surface area contributed by atoms with Gasteiger partial charge >= 0.3 is 0 Å².